The molecule has 1 atom stereocenters. The van der Waals surface area contributed by atoms with Crippen molar-refractivity contribution in [3.05, 3.63) is 29.8 Å². The van der Waals surface area contributed by atoms with Crippen LogP contribution in [-0.2, 0) is 11.8 Å². The SMILES string of the molecule is Cn1nnnc1NC1CCCN(c2ccc(F)c(F)c2)C1=O. The average Bonchev–Trinajstić information content (AvgIpc) is 2.90. The van der Waals surface area contributed by atoms with E-state index in [0.717, 1.165) is 18.6 Å². The molecule has 1 aliphatic heterocycles. The predicted molar refractivity (Wildman–Crippen MR) is 74.2 cm³/mol. The highest BCUT2D eigenvalue weighted by atomic mass is 19.2. The quantitative estimate of drug-likeness (QED) is 0.919. The first-order valence-electron chi connectivity index (χ1n) is 6.81. The number of hydrogen-bond donors (Lipinski definition) is 1. The first-order valence-corrected chi connectivity index (χ1v) is 6.81. The van der Waals surface area contributed by atoms with Gasteiger partial charge in [0.1, 0.15) is 6.04 Å². The summed E-state index contributed by atoms with van der Waals surface area (Å²) in [5.41, 5.74) is 0.339. The third kappa shape index (κ3) is 2.61. The lowest BCUT2D eigenvalue weighted by Gasteiger charge is -2.32. The Balaban J connectivity index is 1.80. The summed E-state index contributed by atoms with van der Waals surface area (Å²) in [6.07, 6.45) is 1.35. The number of rotatable bonds is 3. The monoisotopic (exact) mass is 308 g/mol. The number of nitrogens with zero attached hydrogens (tertiary/aromatic N) is 5. The average molecular weight is 308 g/mol. The first kappa shape index (κ1) is 14.4. The van der Waals surface area contributed by atoms with Crippen molar-refractivity contribution in [2.45, 2.75) is 18.9 Å². The van der Waals surface area contributed by atoms with Crippen molar-refractivity contribution in [1.82, 2.24) is 20.2 Å². The third-order valence-electron chi connectivity index (χ3n) is 3.58. The zero-order valence-electron chi connectivity index (χ0n) is 11.8. The smallest absolute Gasteiger partial charge is 0.249 e. The van der Waals surface area contributed by atoms with E-state index in [9.17, 15) is 13.6 Å². The number of halogens is 2. The van der Waals surface area contributed by atoms with E-state index in [1.165, 1.54) is 15.6 Å². The van der Waals surface area contributed by atoms with E-state index in [1.807, 2.05) is 0 Å². The Morgan fingerprint density at radius 3 is 2.82 bits per heavy atom. The van der Waals surface area contributed by atoms with E-state index in [2.05, 4.69) is 20.8 Å². The largest absolute Gasteiger partial charge is 0.341 e. The van der Waals surface area contributed by atoms with Gasteiger partial charge in [0.05, 0.1) is 0 Å². The molecule has 1 unspecified atom stereocenters. The second-order valence-electron chi connectivity index (χ2n) is 5.05. The molecule has 0 spiro atoms. The van der Waals surface area contributed by atoms with Gasteiger partial charge in [-0.1, -0.05) is 5.10 Å². The van der Waals surface area contributed by atoms with Crippen LogP contribution in [0, 0.1) is 11.6 Å². The summed E-state index contributed by atoms with van der Waals surface area (Å²) in [6.45, 7) is 0.457. The van der Waals surface area contributed by atoms with Gasteiger partial charge in [-0.2, -0.15) is 0 Å². The Kier molecular flexibility index (Phi) is 3.70. The van der Waals surface area contributed by atoms with Crippen molar-refractivity contribution in [3.63, 3.8) is 0 Å². The number of amides is 1. The van der Waals surface area contributed by atoms with Gasteiger partial charge in [-0.15, -0.1) is 0 Å². The molecule has 2 heterocycles. The van der Waals surface area contributed by atoms with E-state index >= 15 is 0 Å². The molecule has 0 saturated carbocycles. The molecule has 0 aliphatic carbocycles. The Morgan fingerprint density at radius 2 is 2.14 bits per heavy atom. The minimum Gasteiger partial charge on any atom is -0.341 e. The van der Waals surface area contributed by atoms with Gasteiger partial charge in [-0.05, 0) is 35.4 Å². The molecule has 1 aliphatic rings. The zero-order valence-corrected chi connectivity index (χ0v) is 11.8. The molecular weight excluding hydrogens is 294 g/mol. The van der Waals surface area contributed by atoms with Crippen LogP contribution in [-0.4, -0.2) is 38.7 Å². The van der Waals surface area contributed by atoms with Crippen LogP contribution in [0.2, 0.25) is 0 Å². The van der Waals surface area contributed by atoms with Crippen LogP contribution in [0.4, 0.5) is 20.4 Å². The highest BCUT2D eigenvalue weighted by molar-refractivity contribution is 5.99. The highest BCUT2D eigenvalue weighted by Gasteiger charge is 2.31. The van der Waals surface area contributed by atoms with Crippen molar-refractivity contribution in [2.75, 3.05) is 16.8 Å². The minimum atomic E-state index is -0.974. The molecule has 0 radical (unpaired) electrons. The number of benzene rings is 1. The summed E-state index contributed by atoms with van der Waals surface area (Å²) in [5.74, 6) is -1.75. The zero-order chi connectivity index (χ0) is 15.7. The Labute approximate surface area is 124 Å². The van der Waals surface area contributed by atoms with Gasteiger partial charge < -0.3 is 10.2 Å². The minimum absolute atomic E-state index is 0.222. The van der Waals surface area contributed by atoms with Crippen molar-refractivity contribution >= 4 is 17.5 Å². The maximum atomic E-state index is 13.4. The van der Waals surface area contributed by atoms with Gasteiger partial charge in [0, 0.05) is 25.3 Å². The van der Waals surface area contributed by atoms with E-state index in [-0.39, 0.29) is 5.91 Å². The number of piperidine rings is 1. The van der Waals surface area contributed by atoms with Gasteiger partial charge in [-0.25, -0.2) is 13.5 Å². The first-order chi connectivity index (χ1) is 10.6. The van der Waals surface area contributed by atoms with Crippen LogP contribution in [0.15, 0.2) is 18.2 Å². The van der Waals surface area contributed by atoms with Gasteiger partial charge in [-0.3, -0.25) is 4.79 Å². The number of aromatic nitrogens is 4. The summed E-state index contributed by atoms with van der Waals surface area (Å²) in [7, 11) is 1.66. The number of anilines is 2. The number of tetrazole rings is 1. The van der Waals surface area contributed by atoms with Crippen molar-refractivity contribution in [3.8, 4) is 0 Å². The number of carbonyl (C=O) groups excluding carboxylic acids is 1. The molecule has 22 heavy (non-hydrogen) atoms. The van der Waals surface area contributed by atoms with Crippen LogP contribution in [0.25, 0.3) is 0 Å². The van der Waals surface area contributed by atoms with E-state index in [4.69, 9.17) is 0 Å². The molecule has 1 amide bonds. The summed E-state index contributed by atoms with van der Waals surface area (Å²) < 4.78 is 27.8. The van der Waals surface area contributed by atoms with Crippen molar-refractivity contribution in [1.29, 1.82) is 0 Å². The Bertz CT molecular complexity index is 704. The molecule has 1 aromatic heterocycles. The van der Waals surface area contributed by atoms with Gasteiger partial charge in [0.2, 0.25) is 11.9 Å². The molecule has 1 fully saturated rings. The summed E-state index contributed by atoms with van der Waals surface area (Å²) in [5, 5.41) is 13.9. The fraction of sp³-hybridized carbons (Fsp3) is 0.385. The maximum Gasteiger partial charge on any atom is 0.249 e. The lowest BCUT2D eigenvalue weighted by molar-refractivity contribution is -0.120. The standard InChI is InChI=1S/C13H14F2N6O/c1-20-13(17-18-19-20)16-11-3-2-6-21(12(11)22)8-4-5-9(14)10(15)7-8/h4-5,7,11H,2-3,6H2,1H3,(H,16,17,19). The van der Waals surface area contributed by atoms with Crippen LogP contribution < -0.4 is 10.2 Å². The molecule has 1 N–H and O–H groups in total. The van der Waals surface area contributed by atoms with E-state index < -0.39 is 17.7 Å². The predicted octanol–water partition coefficient (Wildman–Crippen LogP) is 1.10. The fourth-order valence-corrected chi connectivity index (χ4v) is 2.43. The number of carbonyl (C=O) groups is 1. The van der Waals surface area contributed by atoms with Crippen LogP contribution >= 0.6 is 0 Å². The molecule has 0 bridgehead atoms. The lowest BCUT2D eigenvalue weighted by Crippen LogP contribution is -2.48. The second-order valence-corrected chi connectivity index (χ2v) is 5.05. The van der Waals surface area contributed by atoms with Crippen LogP contribution in [0.3, 0.4) is 0 Å². The molecule has 3 rings (SSSR count). The van der Waals surface area contributed by atoms with Gasteiger partial charge >= 0.3 is 0 Å². The molecule has 9 heteroatoms. The van der Waals surface area contributed by atoms with Crippen molar-refractivity contribution in [2.24, 2.45) is 7.05 Å². The fourth-order valence-electron chi connectivity index (χ4n) is 2.43. The highest BCUT2D eigenvalue weighted by Crippen LogP contribution is 2.24. The van der Waals surface area contributed by atoms with Crippen LogP contribution in [0.5, 0.6) is 0 Å². The molecule has 1 aromatic carbocycles. The van der Waals surface area contributed by atoms with Crippen molar-refractivity contribution < 1.29 is 13.6 Å². The molecule has 2 aromatic rings. The third-order valence-corrected chi connectivity index (χ3v) is 3.58. The lowest BCUT2D eigenvalue weighted by atomic mass is 10.0. The molecule has 1 saturated heterocycles. The molecular formula is C13H14F2N6O. The number of hydrogen-bond acceptors (Lipinski definition) is 5. The van der Waals surface area contributed by atoms with E-state index in [1.54, 1.807) is 7.05 Å². The number of aryl methyl sites for hydroxylation is 1. The topological polar surface area (TPSA) is 75.9 Å². The maximum absolute atomic E-state index is 13.4. The molecule has 7 nitrogen and oxygen atoms in total. The van der Waals surface area contributed by atoms with Gasteiger partial charge in [0.25, 0.3) is 0 Å². The summed E-state index contributed by atoms with van der Waals surface area (Å²) >= 11 is 0. The molecule has 116 valence electrons. The Morgan fingerprint density at radius 1 is 1.32 bits per heavy atom. The number of nitrogens with one attached hydrogen (secondary N) is 1. The Hall–Kier alpha value is -2.58. The van der Waals surface area contributed by atoms with Crippen LogP contribution in [0.1, 0.15) is 12.8 Å². The summed E-state index contributed by atoms with van der Waals surface area (Å²) in [6, 6.07) is 2.93. The summed E-state index contributed by atoms with van der Waals surface area (Å²) in [4.78, 5) is 14.0. The second kappa shape index (κ2) is 5.66. The van der Waals surface area contributed by atoms with Gasteiger partial charge in [0.15, 0.2) is 11.6 Å². The normalized spacial score (nSPS) is 18.6. The van der Waals surface area contributed by atoms with E-state index in [0.29, 0.717) is 24.6 Å².